The fourth-order valence-electron chi connectivity index (χ4n) is 4.26. The van der Waals surface area contributed by atoms with E-state index in [1.807, 2.05) is 49.4 Å². The molecule has 0 radical (unpaired) electrons. The molecule has 170 valence electrons. The van der Waals surface area contributed by atoms with Crippen LogP contribution in [0.4, 0.5) is 15.8 Å². The first-order valence-corrected chi connectivity index (χ1v) is 12.1. The van der Waals surface area contributed by atoms with E-state index in [0.717, 1.165) is 43.4 Å². The second-order valence-corrected chi connectivity index (χ2v) is 9.67. The summed E-state index contributed by atoms with van der Waals surface area (Å²) < 4.78 is 14.4. The van der Waals surface area contributed by atoms with Gasteiger partial charge in [-0.25, -0.2) is 4.39 Å². The third-order valence-electron chi connectivity index (χ3n) is 6.18. The largest absolute Gasteiger partial charge is 0.355 e. The smallest absolute Gasteiger partial charge is 0.258 e. The molecular weight excluding hydrogens is 443 g/mol. The molecule has 5 rings (SSSR count). The molecule has 0 fully saturated rings. The van der Waals surface area contributed by atoms with E-state index in [4.69, 9.17) is 0 Å². The van der Waals surface area contributed by atoms with Gasteiger partial charge < -0.3 is 10.2 Å². The maximum atomic E-state index is 14.4. The Bertz CT molecular complexity index is 1400. The summed E-state index contributed by atoms with van der Waals surface area (Å²) in [7, 11) is 0. The number of para-hydroxylation sites is 1. The fraction of sp³-hybridized carbons (Fsp3) is 0.138. The van der Waals surface area contributed by atoms with Crippen molar-refractivity contribution in [2.24, 2.45) is 0 Å². The van der Waals surface area contributed by atoms with Gasteiger partial charge in [-0.1, -0.05) is 42.5 Å². The third kappa shape index (κ3) is 4.15. The zero-order valence-electron chi connectivity index (χ0n) is 19.2. The number of thiophene rings is 1. The monoisotopic (exact) mass is 468 g/mol. The van der Waals surface area contributed by atoms with Crippen molar-refractivity contribution < 1.29 is 9.18 Å². The topological polar surface area (TPSA) is 32.3 Å². The van der Waals surface area contributed by atoms with Gasteiger partial charge in [-0.2, -0.15) is 0 Å². The van der Waals surface area contributed by atoms with Crippen molar-refractivity contribution in [3.63, 3.8) is 0 Å². The summed E-state index contributed by atoms with van der Waals surface area (Å²) in [5, 5.41) is 3.43. The third-order valence-corrected chi connectivity index (χ3v) is 7.45. The van der Waals surface area contributed by atoms with E-state index in [1.54, 1.807) is 22.3 Å². The minimum atomic E-state index is -0.355. The summed E-state index contributed by atoms with van der Waals surface area (Å²) in [5.41, 5.74) is 7.30. The Balaban J connectivity index is 1.51. The average Bonchev–Trinajstić information content (AvgIpc) is 3.19. The molecule has 2 heterocycles. The lowest BCUT2D eigenvalue weighted by atomic mass is 10.1. The van der Waals surface area contributed by atoms with Crippen LogP contribution in [0.1, 0.15) is 31.9 Å². The quantitative estimate of drug-likeness (QED) is 0.337. The minimum absolute atomic E-state index is 0.118. The van der Waals surface area contributed by atoms with Crippen LogP contribution in [0.25, 0.3) is 16.1 Å². The highest BCUT2D eigenvalue weighted by atomic mass is 32.1. The summed E-state index contributed by atoms with van der Waals surface area (Å²) in [6.45, 7) is 8.79. The number of carbonyl (C=O) groups is 1. The van der Waals surface area contributed by atoms with Crippen molar-refractivity contribution in [1.29, 1.82) is 0 Å². The Kier molecular flexibility index (Phi) is 5.80. The van der Waals surface area contributed by atoms with Crippen molar-refractivity contribution in [1.82, 2.24) is 0 Å². The maximum Gasteiger partial charge on any atom is 0.258 e. The predicted octanol–water partition coefficient (Wildman–Crippen LogP) is 7.46. The summed E-state index contributed by atoms with van der Waals surface area (Å²) in [6, 6.07) is 22.5. The van der Waals surface area contributed by atoms with E-state index < -0.39 is 0 Å². The molecule has 4 aromatic rings. The number of nitrogens with one attached hydrogen (secondary N) is 1. The van der Waals surface area contributed by atoms with E-state index in [-0.39, 0.29) is 11.7 Å². The van der Waals surface area contributed by atoms with Gasteiger partial charge in [0.25, 0.3) is 5.91 Å². The Morgan fingerprint density at radius 1 is 1.03 bits per heavy atom. The van der Waals surface area contributed by atoms with Crippen molar-refractivity contribution in [3.05, 3.63) is 112 Å². The summed E-state index contributed by atoms with van der Waals surface area (Å²) in [4.78, 5) is 17.2. The SMILES string of the molecule is C=C(Nc1ccccc1C)c1cc2c(s1)-c1ccc(F)cc1N(C(=O)c1ccc(C)cc1)CC2. The number of benzene rings is 3. The van der Waals surface area contributed by atoms with E-state index in [0.29, 0.717) is 24.2 Å². The first-order chi connectivity index (χ1) is 16.4. The lowest BCUT2D eigenvalue weighted by Gasteiger charge is -2.23. The van der Waals surface area contributed by atoms with Crippen molar-refractivity contribution in [2.45, 2.75) is 20.3 Å². The molecule has 34 heavy (non-hydrogen) atoms. The van der Waals surface area contributed by atoms with E-state index in [2.05, 4.69) is 31.0 Å². The number of nitrogens with zero attached hydrogens (tertiary/aromatic N) is 1. The van der Waals surface area contributed by atoms with Crippen LogP contribution in [-0.4, -0.2) is 12.5 Å². The van der Waals surface area contributed by atoms with Crippen LogP contribution in [0.15, 0.2) is 79.4 Å². The number of rotatable bonds is 4. The number of carbonyl (C=O) groups excluding carboxylic acids is 1. The number of hydrogen-bond acceptors (Lipinski definition) is 3. The lowest BCUT2D eigenvalue weighted by Crippen LogP contribution is -2.32. The summed E-state index contributed by atoms with van der Waals surface area (Å²) in [5.74, 6) is -0.473. The van der Waals surface area contributed by atoms with Gasteiger partial charge >= 0.3 is 0 Å². The van der Waals surface area contributed by atoms with Crippen LogP contribution >= 0.6 is 11.3 Å². The molecule has 0 saturated heterocycles. The molecule has 0 atom stereocenters. The van der Waals surface area contributed by atoms with Gasteiger partial charge in [0.1, 0.15) is 5.82 Å². The van der Waals surface area contributed by atoms with E-state index >= 15 is 0 Å². The molecule has 0 spiro atoms. The van der Waals surface area contributed by atoms with Gasteiger partial charge in [0.05, 0.1) is 10.6 Å². The van der Waals surface area contributed by atoms with Crippen molar-refractivity contribution >= 4 is 34.3 Å². The van der Waals surface area contributed by atoms with Crippen LogP contribution in [-0.2, 0) is 6.42 Å². The number of halogens is 1. The zero-order valence-corrected chi connectivity index (χ0v) is 20.0. The molecule has 1 aliphatic rings. The van der Waals surface area contributed by atoms with Crippen LogP contribution in [0.3, 0.4) is 0 Å². The Morgan fingerprint density at radius 3 is 2.56 bits per heavy atom. The molecule has 1 aromatic heterocycles. The molecular formula is C29H25FN2OS. The number of aryl methyl sites for hydroxylation is 2. The zero-order chi connectivity index (χ0) is 23.8. The number of anilines is 2. The normalized spacial score (nSPS) is 12.5. The average molecular weight is 469 g/mol. The molecule has 1 N–H and O–H groups in total. The van der Waals surface area contributed by atoms with Crippen LogP contribution in [0.2, 0.25) is 0 Å². The van der Waals surface area contributed by atoms with Crippen molar-refractivity contribution in [2.75, 3.05) is 16.8 Å². The molecule has 1 aliphatic heterocycles. The number of amides is 1. The second-order valence-electron chi connectivity index (χ2n) is 8.62. The Hall–Kier alpha value is -3.70. The van der Waals surface area contributed by atoms with E-state index in [1.165, 1.54) is 12.1 Å². The molecule has 0 saturated carbocycles. The molecule has 0 bridgehead atoms. The summed E-state index contributed by atoms with van der Waals surface area (Å²) in [6.07, 6.45) is 0.678. The standard InChI is InChI=1S/C29H25FN2OS/c1-18-8-10-21(11-9-18)29(33)32-15-14-22-16-27(20(3)31-25-7-5-4-6-19(25)2)34-28(22)24-13-12-23(30)17-26(24)32/h4-13,16-17,31H,3,14-15H2,1-2H3. The van der Waals surface area contributed by atoms with Gasteiger partial charge in [-0.3, -0.25) is 4.79 Å². The first-order valence-electron chi connectivity index (χ1n) is 11.2. The number of hydrogen-bond donors (Lipinski definition) is 1. The minimum Gasteiger partial charge on any atom is -0.355 e. The van der Waals surface area contributed by atoms with Crippen LogP contribution in [0, 0.1) is 19.7 Å². The van der Waals surface area contributed by atoms with Gasteiger partial charge in [0, 0.05) is 33.9 Å². The molecule has 1 amide bonds. The van der Waals surface area contributed by atoms with Crippen molar-refractivity contribution in [3.8, 4) is 10.4 Å². The van der Waals surface area contributed by atoms with Gasteiger partial charge in [-0.15, -0.1) is 11.3 Å². The van der Waals surface area contributed by atoms with Crippen LogP contribution < -0.4 is 10.2 Å². The fourth-order valence-corrected chi connectivity index (χ4v) is 5.43. The highest BCUT2D eigenvalue weighted by Gasteiger charge is 2.27. The van der Waals surface area contributed by atoms with Gasteiger partial charge in [0.15, 0.2) is 0 Å². The molecule has 3 aromatic carbocycles. The highest BCUT2D eigenvalue weighted by Crippen LogP contribution is 2.43. The van der Waals surface area contributed by atoms with Crippen LogP contribution in [0.5, 0.6) is 0 Å². The first kappa shape index (κ1) is 22.1. The Labute approximate surface area is 203 Å². The molecule has 0 aliphatic carbocycles. The van der Waals surface area contributed by atoms with Gasteiger partial charge in [0.2, 0.25) is 0 Å². The Morgan fingerprint density at radius 2 is 1.79 bits per heavy atom. The molecule has 0 unspecified atom stereocenters. The van der Waals surface area contributed by atoms with Gasteiger partial charge in [-0.05, 0) is 73.9 Å². The highest BCUT2D eigenvalue weighted by molar-refractivity contribution is 7.16. The molecule has 5 heteroatoms. The molecule has 3 nitrogen and oxygen atoms in total. The second kappa shape index (κ2) is 8.92. The lowest BCUT2D eigenvalue weighted by molar-refractivity contribution is 0.0987. The van der Waals surface area contributed by atoms with E-state index in [9.17, 15) is 9.18 Å². The predicted molar refractivity (Wildman–Crippen MR) is 140 cm³/mol. The number of fused-ring (bicyclic) bond motifs is 3. The maximum absolute atomic E-state index is 14.4. The summed E-state index contributed by atoms with van der Waals surface area (Å²) >= 11 is 1.62.